The molecule has 124 valence electrons. The third kappa shape index (κ3) is 15.1. The van der Waals surface area contributed by atoms with Crippen molar-refractivity contribution in [1.82, 2.24) is 0 Å². The quantitative estimate of drug-likeness (QED) is 0.295. The molecule has 0 aromatic heterocycles. The second-order valence-corrected chi connectivity index (χ2v) is 5.52. The molecule has 0 saturated carbocycles. The van der Waals surface area contributed by atoms with Gasteiger partial charge in [-0.05, 0) is 13.3 Å². The van der Waals surface area contributed by atoms with Crippen molar-refractivity contribution >= 4 is 11.9 Å². The van der Waals surface area contributed by atoms with Crippen LogP contribution < -0.4 is 0 Å². The Morgan fingerprint density at radius 3 is 2.10 bits per heavy atom. The molecule has 0 amide bonds. The summed E-state index contributed by atoms with van der Waals surface area (Å²) in [5.41, 5.74) is 0. The fourth-order valence-corrected chi connectivity index (χ4v) is 2.00. The van der Waals surface area contributed by atoms with Crippen LogP contribution in [0.3, 0.4) is 0 Å². The summed E-state index contributed by atoms with van der Waals surface area (Å²) < 4.78 is 0. The van der Waals surface area contributed by atoms with Crippen molar-refractivity contribution in [2.45, 2.75) is 90.6 Å². The van der Waals surface area contributed by atoms with Crippen LogP contribution in [0.25, 0.3) is 0 Å². The van der Waals surface area contributed by atoms with Gasteiger partial charge in [-0.2, -0.15) is 4.89 Å². The highest BCUT2D eigenvalue weighted by Gasteiger charge is 2.10. The van der Waals surface area contributed by atoms with Gasteiger partial charge in [0.15, 0.2) is 0 Å². The Bertz CT molecular complexity index is 278. The van der Waals surface area contributed by atoms with Crippen LogP contribution in [0.4, 0.5) is 0 Å². The Morgan fingerprint density at radius 1 is 0.952 bits per heavy atom. The number of hydrogen-bond donors (Lipinski definition) is 1. The number of hydrogen-bond acceptors (Lipinski definition) is 4. The first-order valence-corrected chi connectivity index (χ1v) is 8.14. The van der Waals surface area contributed by atoms with Crippen LogP contribution in [0.1, 0.15) is 84.5 Å². The van der Waals surface area contributed by atoms with E-state index in [1.807, 2.05) is 6.92 Å². The van der Waals surface area contributed by atoms with Crippen LogP contribution >= 0.6 is 0 Å². The molecule has 1 N–H and O–H groups in total. The van der Waals surface area contributed by atoms with E-state index in [1.54, 1.807) is 0 Å². The minimum Gasteiger partial charge on any atom is -0.481 e. The lowest BCUT2D eigenvalue weighted by atomic mass is 10.1. The van der Waals surface area contributed by atoms with Crippen molar-refractivity contribution < 1.29 is 24.5 Å². The van der Waals surface area contributed by atoms with Gasteiger partial charge in [-0.25, -0.2) is 4.79 Å². The standard InChI is InChI=1S/C16H30O5/c1-3-4-5-6-7-8-9-10-11-14(2)20-21-16(19)13-12-15(17)18/h14H,3-13H2,1-2H3,(H,17,18). The maximum absolute atomic E-state index is 11.1. The molecule has 1 unspecified atom stereocenters. The van der Waals surface area contributed by atoms with Gasteiger partial charge >= 0.3 is 11.9 Å². The highest BCUT2D eigenvalue weighted by atomic mass is 17.2. The molecule has 0 radical (unpaired) electrons. The molecule has 5 nitrogen and oxygen atoms in total. The van der Waals surface area contributed by atoms with Crippen LogP contribution in [0, 0.1) is 0 Å². The molecule has 0 rings (SSSR count). The van der Waals surface area contributed by atoms with Gasteiger partial charge in [0, 0.05) is 0 Å². The third-order valence-corrected chi connectivity index (χ3v) is 3.31. The van der Waals surface area contributed by atoms with Crippen molar-refractivity contribution in [3.05, 3.63) is 0 Å². The van der Waals surface area contributed by atoms with E-state index >= 15 is 0 Å². The number of carbonyl (C=O) groups is 2. The molecule has 5 heteroatoms. The van der Waals surface area contributed by atoms with E-state index < -0.39 is 11.9 Å². The zero-order valence-corrected chi connectivity index (χ0v) is 13.4. The number of aliphatic carboxylic acids is 1. The Kier molecular flexibility index (Phi) is 13.1. The molecule has 1 atom stereocenters. The van der Waals surface area contributed by atoms with Gasteiger partial charge < -0.3 is 5.11 Å². The summed E-state index contributed by atoms with van der Waals surface area (Å²) >= 11 is 0. The van der Waals surface area contributed by atoms with Crippen molar-refractivity contribution in [2.24, 2.45) is 0 Å². The van der Waals surface area contributed by atoms with Crippen molar-refractivity contribution in [3.8, 4) is 0 Å². The highest BCUT2D eigenvalue weighted by molar-refractivity contribution is 5.76. The largest absolute Gasteiger partial charge is 0.481 e. The van der Waals surface area contributed by atoms with Gasteiger partial charge in [0.1, 0.15) is 6.10 Å². The number of carboxylic acid groups (broad SMARTS) is 1. The average molecular weight is 302 g/mol. The molecule has 0 saturated heterocycles. The van der Waals surface area contributed by atoms with Crippen LogP contribution in [-0.4, -0.2) is 23.1 Å². The van der Waals surface area contributed by atoms with Gasteiger partial charge in [0.05, 0.1) is 12.8 Å². The molecule has 0 fully saturated rings. The predicted octanol–water partition coefficient (Wildman–Crippen LogP) is 4.25. The normalized spacial score (nSPS) is 12.1. The molecule has 0 heterocycles. The number of rotatable bonds is 14. The molecule has 0 aliphatic heterocycles. The monoisotopic (exact) mass is 302 g/mol. The average Bonchev–Trinajstić information content (AvgIpc) is 2.45. The van der Waals surface area contributed by atoms with E-state index in [0.29, 0.717) is 0 Å². The summed E-state index contributed by atoms with van der Waals surface area (Å²) in [4.78, 5) is 30.9. The summed E-state index contributed by atoms with van der Waals surface area (Å²) in [6.45, 7) is 4.07. The lowest BCUT2D eigenvalue weighted by Gasteiger charge is -2.10. The highest BCUT2D eigenvalue weighted by Crippen LogP contribution is 2.12. The molecule has 0 bridgehead atoms. The number of carboxylic acids is 1. The molecular weight excluding hydrogens is 272 g/mol. The predicted molar refractivity (Wildman–Crippen MR) is 80.7 cm³/mol. The molecular formula is C16H30O5. The lowest BCUT2D eigenvalue weighted by Crippen LogP contribution is -2.14. The van der Waals surface area contributed by atoms with Crippen LogP contribution in [0.2, 0.25) is 0 Å². The van der Waals surface area contributed by atoms with Gasteiger partial charge in [0.2, 0.25) is 0 Å². The summed E-state index contributed by atoms with van der Waals surface area (Å²) in [5.74, 6) is -1.64. The van der Waals surface area contributed by atoms with Gasteiger partial charge in [-0.15, -0.1) is 0 Å². The van der Waals surface area contributed by atoms with E-state index in [1.165, 1.54) is 44.9 Å². The zero-order chi connectivity index (χ0) is 15.9. The van der Waals surface area contributed by atoms with E-state index in [-0.39, 0.29) is 18.9 Å². The van der Waals surface area contributed by atoms with Crippen molar-refractivity contribution in [1.29, 1.82) is 0 Å². The fraction of sp³-hybridized carbons (Fsp3) is 0.875. The Hall–Kier alpha value is -1.10. The van der Waals surface area contributed by atoms with Gasteiger partial charge in [-0.3, -0.25) is 9.68 Å². The van der Waals surface area contributed by atoms with E-state index in [9.17, 15) is 9.59 Å². The van der Waals surface area contributed by atoms with Crippen molar-refractivity contribution in [2.75, 3.05) is 0 Å². The second kappa shape index (κ2) is 13.9. The summed E-state index contributed by atoms with van der Waals surface area (Å²) in [6.07, 6.45) is 10.4. The Labute approximate surface area is 127 Å². The lowest BCUT2D eigenvalue weighted by molar-refractivity contribution is -0.295. The first-order valence-electron chi connectivity index (χ1n) is 8.14. The smallest absolute Gasteiger partial charge is 0.342 e. The van der Waals surface area contributed by atoms with Gasteiger partial charge in [0.25, 0.3) is 0 Å². The van der Waals surface area contributed by atoms with E-state index in [2.05, 4.69) is 11.8 Å². The molecule has 0 aliphatic carbocycles. The van der Waals surface area contributed by atoms with Gasteiger partial charge in [-0.1, -0.05) is 58.3 Å². The summed E-state index contributed by atoms with van der Waals surface area (Å²) in [7, 11) is 0. The molecule has 21 heavy (non-hydrogen) atoms. The molecule has 0 aromatic carbocycles. The van der Waals surface area contributed by atoms with E-state index in [4.69, 9.17) is 9.99 Å². The summed E-state index contributed by atoms with van der Waals surface area (Å²) in [6, 6.07) is 0. The number of carbonyl (C=O) groups excluding carboxylic acids is 1. The first-order chi connectivity index (χ1) is 10.1. The summed E-state index contributed by atoms with van der Waals surface area (Å²) in [5, 5.41) is 8.43. The molecule has 0 spiro atoms. The van der Waals surface area contributed by atoms with Crippen molar-refractivity contribution in [3.63, 3.8) is 0 Å². The first kappa shape index (κ1) is 19.9. The number of unbranched alkanes of at least 4 members (excludes halogenated alkanes) is 7. The second-order valence-electron chi connectivity index (χ2n) is 5.52. The fourth-order valence-electron chi connectivity index (χ4n) is 2.00. The van der Waals surface area contributed by atoms with Crippen LogP contribution in [0.15, 0.2) is 0 Å². The maximum Gasteiger partial charge on any atom is 0.342 e. The molecule has 0 aliphatic rings. The molecule has 0 aromatic rings. The Morgan fingerprint density at radius 2 is 1.52 bits per heavy atom. The van der Waals surface area contributed by atoms with Crippen LogP contribution in [0.5, 0.6) is 0 Å². The maximum atomic E-state index is 11.1. The SMILES string of the molecule is CCCCCCCCCCC(C)OOC(=O)CCC(=O)O. The zero-order valence-electron chi connectivity index (χ0n) is 13.4. The Balaban J connectivity index is 3.35. The topological polar surface area (TPSA) is 72.8 Å². The van der Waals surface area contributed by atoms with Crippen LogP contribution in [-0.2, 0) is 19.4 Å². The third-order valence-electron chi connectivity index (χ3n) is 3.31. The van der Waals surface area contributed by atoms with E-state index in [0.717, 1.165) is 12.8 Å². The minimum atomic E-state index is -1.01. The minimum absolute atomic E-state index is 0.140.